The number of rotatable bonds is 4. The van der Waals surface area contributed by atoms with Gasteiger partial charge in [0.05, 0.1) is 12.2 Å². The molecule has 84 valence electrons. The van der Waals surface area contributed by atoms with Gasteiger partial charge in [0.25, 0.3) is 0 Å². The van der Waals surface area contributed by atoms with Crippen LogP contribution in [0.3, 0.4) is 0 Å². The number of hydrogen-bond donors (Lipinski definition) is 1. The third-order valence-corrected chi connectivity index (χ3v) is 2.51. The second-order valence-electron chi connectivity index (χ2n) is 3.41. The second-order valence-corrected chi connectivity index (χ2v) is 3.41. The Balaban J connectivity index is 2.86. The molecule has 0 unspecified atom stereocenters. The van der Waals surface area contributed by atoms with Crippen LogP contribution in [0.5, 0.6) is 0 Å². The lowest BCUT2D eigenvalue weighted by atomic mass is 10.0. The van der Waals surface area contributed by atoms with E-state index in [1.54, 1.807) is 14.0 Å². The van der Waals surface area contributed by atoms with Gasteiger partial charge >= 0.3 is 5.97 Å². The molecule has 0 aliphatic carbocycles. The Morgan fingerprint density at radius 3 is 2.73 bits per heavy atom. The third-order valence-electron chi connectivity index (χ3n) is 2.51. The molecule has 0 saturated heterocycles. The molecule has 1 aliphatic heterocycles. The van der Waals surface area contributed by atoms with Gasteiger partial charge in [-0.3, -0.25) is 4.79 Å². The van der Waals surface area contributed by atoms with E-state index in [0.717, 1.165) is 0 Å². The first-order valence-electron chi connectivity index (χ1n) is 4.80. The van der Waals surface area contributed by atoms with Gasteiger partial charge in [-0.1, -0.05) is 0 Å². The summed E-state index contributed by atoms with van der Waals surface area (Å²) in [6, 6.07) is 0. The van der Waals surface area contributed by atoms with Crippen LogP contribution >= 0.6 is 0 Å². The van der Waals surface area contributed by atoms with Crippen LogP contribution in [0.4, 0.5) is 0 Å². The van der Waals surface area contributed by atoms with Gasteiger partial charge in [-0.05, 0) is 13.3 Å². The Bertz CT molecular complexity index is 309. The number of hydrogen-bond acceptors (Lipinski definition) is 3. The predicted octanol–water partition coefficient (Wildman–Crippen LogP) is 0.614. The molecule has 1 heterocycles. The van der Waals surface area contributed by atoms with Gasteiger partial charge in [0.15, 0.2) is 0 Å². The van der Waals surface area contributed by atoms with Crippen molar-refractivity contribution in [2.75, 3.05) is 20.3 Å². The number of carboxylic acids is 1. The van der Waals surface area contributed by atoms with Crippen molar-refractivity contribution in [1.29, 1.82) is 0 Å². The van der Waals surface area contributed by atoms with E-state index in [-0.39, 0.29) is 12.3 Å². The predicted molar refractivity (Wildman–Crippen MR) is 53.2 cm³/mol. The van der Waals surface area contributed by atoms with E-state index in [9.17, 15) is 9.59 Å². The average molecular weight is 213 g/mol. The molecule has 0 atom stereocenters. The molecule has 5 nitrogen and oxygen atoms in total. The van der Waals surface area contributed by atoms with E-state index in [4.69, 9.17) is 9.84 Å². The zero-order valence-corrected chi connectivity index (χ0v) is 8.95. The maximum atomic E-state index is 11.5. The molecule has 0 bridgehead atoms. The SMILES string of the molecule is COCCN1C(=O)CCC(C(=O)O)=C1C. The highest BCUT2D eigenvalue weighted by molar-refractivity contribution is 5.92. The number of ether oxygens (including phenoxy) is 1. The Hall–Kier alpha value is -1.36. The molecular formula is C10H15NO4. The van der Waals surface area contributed by atoms with Crippen LogP contribution in [-0.2, 0) is 14.3 Å². The fraction of sp³-hybridized carbons (Fsp3) is 0.600. The fourth-order valence-electron chi connectivity index (χ4n) is 1.63. The monoisotopic (exact) mass is 213 g/mol. The molecule has 0 radical (unpaired) electrons. The van der Waals surface area contributed by atoms with Gasteiger partial charge in [0, 0.05) is 25.8 Å². The van der Waals surface area contributed by atoms with Crippen LogP contribution in [0.15, 0.2) is 11.3 Å². The molecule has 1 amide bonds. The van der Waals surface area contributed by atoms with E-state index in [1.165, 1.54) is 4.90 Å². The maximum Gasteiger partial charge on any atom is 0.333 e. The van der Waals surface area contributed by atoms with E-state index in [0.29, 0.717) is 30.8 Å². The Morgan fingerprint density at radius 1 is 1.53 bits per heavy atom. The first-order valence-corrected chi connectivity index (χ1v) is 4.80. The van der Waals surface area contributed by atoms with Gasteiger partial charge in [-0.25, -0.2) is 4.79 Å². The number of allylic oxidation sites excluding steroid dienone is 1. The molecule has 0 aromatic rings. The van der Waals surface area contributed by atoms with Crippen molar-refractivity contribution in [3.8, 4) is 0 Å². The summed E-state index contributed by atoms with van der Waals surface area (Å²) in [5, 5.41) is 8.91. The van der Waals surface area contributed by atoms with Crippen LogP contribution in [0, 0.1) is 0 Å². The maximum absolute atomic E-state index is 11.5. The summed E-state index contributed by atoms with van der Waals surface area (Å²) in [5.74, 6) is -0.975. The molecule has 5 heteroatoms. The number of amides is 1. The van der Waals surface area contributed by atoms with E-state index >= 15 is 0 Å². The van der Waals surface area contributed by atoms with Gasteiger partial charge in [-0.15, -0.1) is 0 Å². The van der Waals surface area contributed by atoms with Gasteiger partial charge in [-0.2, -0.15) is 0 Å². The van der Waals surface area contributed by atoms with E-state index < -0.39 is 5.97 Å². The van der Waals surface area contributed by atoms with Crippen molar-refractivity contribution >= 4 is 11.9 Å². The summed E-state index contributed by atoms with van der Waals surface area (Å²) in [6.45, 7) is 2.49. The molecule has 0 spiro atoms. The number of carbonyl (C=O) groups is 2. The van der Waals surface area contributed by atoms with Crippen LogP contribution in [0.25, 0.3) is 0 Å². The lowest BCUT2D eigenvalue weighted by Crippen LogP contribution is -2.36. The quantitative estimate of drug-likeness (QED) is 0.743. The van der Waals surface area contributed by atoms with Crippen molar-refractivity contribution in [2.45, 2.75) is 19.8 Å². The standard InChI is InChI=1S/C10H15NO4/c1-7-8(10(13)14)3-4-9(12)11(7)5-6-15-2/h3-6H2,1-2H3,(H,13,14). The summed E-state index contributed by atoms with van der Waals surface area (Å²) in [4.78, 5) is 23.9. The zero-order valence-electron chi connectivity index (χ0n) is 8.95. The topological polar surface area (TPSA) is 66.8 Å². The van der Waals surface area contributed by atoms with Crippen LogP contribution < -0.4 is 0 Å². The lowest BCUT2D eigenvalue weighted by Gasteiger charge is -2.28. The zero-order chi connectivity index (χ0) is 11.4. The summed E-state index contributed by atoms with van der Waals surface area (Å²) in [6.07, 6.45) is 0.589. The van der Waals surface area contributed by atoms with Gasteiger partial charge in [0.2, 0.25) is 5.91 Å². The Kier molecular flexibility index (Phi) is 3.85. The molecule has 1 N–H and O–H groups in total. The smallest absolute Gasteiger partial charge is 0.333 e. The average Bonchev–Trinajstić information content (AvgIpc) is 2.17. The van der Waals surface area contributed by atoms with Gasteiger partial charge in [0.1, 0.15) is 0 Å². The van der Waals surface area contributed by atoms with Crippen molar-refractivity contribution in [3.05, 3.63) is 11.3 Å². The van der Waals surface area contributed by atoms with Crippen molar-refractivity contribution in [3.63, 3.8) is 0 Å². The number of methoxy groups -OCH3 is 1. The minimum Gasteiger partial charge on any atom is -0.478 e. The van der Waals surface area contributed by atoms with Crippen LogP contribution in [-0.4, -0.2) is 42.1 Å². The van der Waals surface area contributed by atoms with Crippen molar-refractivity contribution < 1.29 is 19.4 Å². The summed E-state index contributed by atoms with van der Waals surface area (Å²) >= 11 is 0. The van der Waals surface area contributed by atoms with Crippen molar-refractivity contribution in [1.82, 2.24) is 4.90 Å². The van der Waals surface area contributed by atoms with E-state index in [2.05, 4.69) is 0 Å². The largest absolute Gasteiger partial charge is 0.478 e. The molecule has 0 fully saturated rings. The second kappa shape index (κ2) is 4.93. The van der Waals surface area contributed by atoms with E-state index in [1.807, 2.05) is 0 Å². The number of carboxylic acid groups (broad SMARTS) is 1. The highest BCUT2D eigenvalue weighted by atomic mass is 16.5. The first kappa shape index (κ1) is 11.7. The fourth-order valence-corrected chi connectivity index (χ4v) is 1.63. The minimum atomic E-state index is -0.942. The first-order chi connectivity index (χ1) is 7.07. The minimum absolute atomic E-state index is 0.0328. The summed E-state index contributed by atoms with van der Waals surface area (Å²) < 4.78 is 4.87. The summed E-state index contributed by atoms with van der Waals surface area (Å²) in [5.41, 5.74) is 0.863. The molecular weight excluding hydrogens is 198 g/mol. The Labute approximate surface area is 88.3 Å². The van der Waals surface area contributed by atoms with Crippen LogP contribution in [0.1, 0.15) is 19.8 Å². The third kappa shape index (κ3) is 2.56. The number of carbonyl (C=O) groups excluding carboxylic acids is 1. The van der Waals surface area contributed by atoms with Crippen molar-refractivity contribution in [2.24, 2.45) is 0 Å². The highest BCUT2D eigenvalue weighted by Crippen LogP contribution is 2.22. The molecule has 0 saturated carbocycles. The summed E-state index contributed by atoms with van der Waals surface area (Å²) in [7, 11) is 1.55. The molecule has 0 aromatic carbocycles. The number of nitrogens with zero attached hydrogens (tertiary/aromatic N) is 1. The number of aliphatic carboxylic acids is 1. The Morgan fingerprint density at radius 2 is 2.20 bits per heavy atom. The highest BCUT2D eigenvalue weighted by Gasteiger charge is 2.26. The lowest BCUT2D eigenvalue weighted by molar-refractivity contribution is -0.134. The molecule has 1 aliphatic rings. The van der Waals surface area contributed by atoms with Crippen LogP contribution in [0.2, 0.25) is 0 Å². The molecule has 1 rings (SSSR count). The molecule has 15 heavy (non-hydrogen) atoms. The van der Waals surface area contributed by atoms with Gasteiger partial charge < -0.3 is 14.7 Å². The molecule has 0 aromatic heterocycles. The normalized spacial score (nSPS) is 17.2.